The minimum Gasteiger partial charge on any atom is -0.507 e. The number of hydrogen-bond acceptors (Lipinski definition) is 4. The first-order chi connectivity index (χ1) is 9.60. The van der Waals surface area contributed by atoms with Crippen LogP contribution in [0.1, 0.15) is 36.0 Å². The van der Waals surface area contributed by atoms with Gasteiger partial charge in [0, 0.05) is 11.3 Å². The van der Waals surface area contributed by atoms with E-state index in [1.807, 2.05) is 11.8 Å². The predicted molar refractivity (Wildman–Crippen MR) is 81.7 cm³/mol. The summed E-state index contributed by atoms with van der Waals surface area (Å²) in [5, 5.41) is 12.7. The van der Waals surface area contributed by atoms with Gasteiger partial charge in [-0.05, 0) is 37.3 Å². The third kappa shape index (κ3) is 3.20. The zero-order valence-electron chi connectivity index (χ0n) is 11.9. The average Bonchev–Trinajstić information content (AvgIpc) is 2.95. The van der Waals surface area contributed by atoms with Gasteiger partial charge < -0.3 is 15.2 Å². The van der Waals surface area contributed by atoms with Gasteiger partial charge in [0.15, 0.2) is 0 Å². The highest BCUT2D eigenvalue weighted by molar-refractivity contribution is 8.00. The molecule has 110 valence electrons. The Kier molecular flexibility index (Phi) is 4.81. The van der Waals surface area contributed by atoms with E-state index in [4.69, 9.17) is 4.74 Å². The lowest BCUT2D eigenvalue weighted by molar-refractivity contribution is 0.0946. The normalized spacial score (nSPS) is 16.9. The van der Waals surface area contributed by atoms with Crippen LogP contribution in [0.4, 0.5) is 0 Å². The SMILES string of the molecule is COc1ccc(O)c(C(=O)NCC2(SC)CCCC2)c1. The first-order valence-corrected chi connectivity index (χ1v) is 8.03. The van der Waals surface area contributed by atoms with Gasteiger partial charge in [-0.25, -0.2) is 0 Å². The van der Waals surface area contributed by atoms with Gasteiger partial charge >= 0.3 is 0 Å². The van der Waals surface area contributed by atoms with Crippen molar-refractivity contribution in [1.82, 2.24) is 5.32 Å². The molecule has 1 amide bonds. The predicted octanol–water partition coefficient (Wildman–Crippen LogP) is 2.81. The van der Waals surface area contributed by atoms with Crippen LogP contribution < -0.4 is 10.1 Å². The van der Waals surface area contributed by atoms with Gasteiger partial charge in [-0.2, -0.15) is 11.8 Å². The van der Waals surface area contributed by atoms with Gasteiger partial charge in [-0.3, -0.25) is 4.79 Å². The number of amides is 1. The molecule has 1 aliphatic rings. The minimum atomic E-state index is -0.248. The van der Waals surface area contributed by atoms with Crippen molar-refractivity contribution in [3.8, 4) is 11.5 Å². The van der Waals surface area contributed by atoms with E-state index in [1.165, 1.54) is 26.0 Å². The molecule has 0 atom stereocenters. The second-order valence-corrected chi connectivity index (χ2v) is 6.43. The molecule has 0 radical (unpaired) electrons. The third-order valence-corrected chi connectivity index (χ3v) is 5.39. The molecule has 0 saturated heterocycles. The van der Waals surface area contributed by atoms with Crippen molar-refractivity contribution in [2.24, 2.45) is 0 Å². The molecule has 1 aromatic rings. The summed E-state index contributed by atoms with van der Waals surface area (Å²) in [5.41, 5.74) is 0.263. The van der Waals surface area contributed by atoms with Crippen LogP contribution in [0.25, 0.3) is 0 Å². The van der Waals surface area contributed by atoms with E-state index >= 15 is 0 Å². The van der Waals surface area contributed by atoms with E-state index in [0.29, 0.717) is 12.3 Å². The number of nitrogens with one attached hydrogen (secondary N) is 1. The molecule has 0 unspecified atom stereocenters. The lowest BCUT2D eigenvalue weighted by Crippen LogP contribution is -2.38. The van der Waals surface area contributed by atoms with Gasteiger partial charge in [0.2, 0.25) is 0 Å². The zero-order chi connectivity index (χ0) is 14.6. The molecule has 0 aromatic heterocycles. The molecule has 1 aliphatic carbocycles. The fourth-order valence-corrected chi connectivity index (χ4v) is 3.55. The van der Waals surface area contributed by atoms with Crippen LogP contribution in [0.5, 0.6) is 11.5 Å². The Balaban J connectivity index is 2.04. The number of rotatable bonds is 5. The highest BCUT2D eigenvalue weighted by Crippen LogP contribution is 2.39. The minimum absolute atomic E-state index is 0.0204. The lowest BCUT2D eigenvalue weighted by Gasteiger charge is -2.27. The first kappa shape index (κ1) is 15.0. The number of thioether (sulfide) groups is 1. The zero-order valence-corrected chi connectivity index (χ0v) is 12.8. The van der Waals surface area contributed by atoms with Crippen molar-refractivity contribution < 1.29 is 14.6 Å². The highest BCUT2D eigenvalue weighted by Gasteiger charge is 2.33. The van der Waals surface area contributed by atoms with Crippen molar-refractivity contribution in [1.29, 1.82) is 0 Å². The summed E-state index contributed by atoms with van der Waals surface area (Å²) in [4.78, 5) is 12.2. The van der Waals surface area contributed by atoms with Gasteiger partial charge in [0.05, 0.1) is 12.7 Å². The van der Waals surface area contributed by atoms with Crippen LogP contribution in [-0.4, -0.2) is 35.7 Å². The molecular formula is C15H21NO3S. The molecule has 1 saturated carbocycles. The van der Waals surface area contributed by atoms with Crippen LogP contribution in [0.3, 0.4) is 0 Å². The highest BCUT2D eigenvalue weighted by atomic mass is 32.2. The average molecular weight is 295 g/mol. The molecule has 0 spiro atoms. The fraction of sp³-hybridized carbons (Fsp3) is 0.533. The maximum Gasteiger partial charge on any atom is 0.255 e. The molecule has 5 heteroatoms. The van der Waals surface area contributed by atoms with Crippen LogP contribution in [0.15, 0.2) is 18.2 Å². The van der Waals surface area contributed by atoms with E-state index in [0.717, 1.165) is 12.8 Å². The molecule has 0 heterocycles. The smallest absolute Gasteiger partial charge is 0.255 e. The van der Waals surface area contributed by atoms with E-state index in [2.05, 4.69) is 11.6 Å². The summed E-state index contributed by atoms with van der Waals surface area (Å²) in [6.45, 7) is 0.643. The first-order valence-electron chi connectivity index (χ1n) is 6.80. The number of phenols is 1. The van der Waals surface area contributed by atoms with Crippen molar-refractivity contribution in [2.45, 2.75) is 30.4 Å². The third-order valence-electron chi connectivity index (χ3n) is 3.97. The molecular weight excluding hydrogens is 274 g/mol. The summed E-state index contributed by atoms with van der Waals surface area (Å²) in [7, 11) is 1.54. The Morgan fingerprint density at radius 3 is 2.75 bits per heavy atom. The maximum atomic E-state index is 12.2. The summed E-state index contributed by atoms with van der Waals surface area (Å²) in [6, 6.07) is 4.67. The Morgan fingerprint density at radius 2 is 2.15 bits per heavy atom. The van der Waals surface area contributed by atoms with E-state index < -0.39 is 0 Å². The van der Waals surface area contributed by atoms with E-state index in [9.17, 15) is 9.90 Å². The Hall–Kier alpha value is -1.36. The van der Waals surface area contributed by atoms with Gasteiger partial charge in [0.25, 0.3) is 5.91 Å². The standard InChI is InChI=1S/C15H21NO3S/c1-19-11-5-6-13(17)12(9-11)14(18)16-10-15(20-2)7-3-4-8-15/h5-6,9,17H,3-4,7-8,10H2,1-2H3,(H,16,18). The van der Waals surface area contributed by atoms with Gasteiger partial charge in [-0.1, -0.05) is 12.8 Å². The van der Waals surface area contributed by atoms with Gasteiger partial charge in [0.1, 0.15) is 11.5 Å². The molecule has 0 aliphatic heterocycles. The van der Waals surface area contributed by atoms with Crippen LogP contribution >= 0.6 is 11.8 Å². The summed E-state index contributed by atoms with van der Waals surface area (Å²) < 4.78 is 5.24. The quantitative estimate of drug-likeness (QED) is 0.877. The largest absolute Gasteiger partial charge is 0.507 e. The van der Waals surface area contributed by atoms with Crippen molar-refractivity contribution in [3.05, 3.63) is 23.8 Å². The molecule has 2 rings (SSSR count). The summed E-state index contributed by atoms with van der Waals surface area (Å²) in [6.07, 6.45) is 6.82. The number of hydrogen-bond donors (Lipinski definition) is 2. The second kappa shape index (κ2) is 6.39. The lowest BCUT2D eigenvalue weighted by atomic mass is 10.1. The number of aromatic hydroxyl groups is 1. The Bertz CT molecular complexity index is 484. The molecule has 1 fully saturated rings. The topological polar surface area (TPSA) is 58.6 Å². The Labute approximate surface area is 123 Å². The van der Waals surface area contributed by atoms with Crippen LogP contribution in [0, 0.1) is 0 Å². The number of phenolic OH excluding ortho intramolecular Hbond substituents is 1. The number of carbonyl (C=O) groups excluding carboxylic acids is 1. The maximum absolute atomic E-state index is 12.2. The van der Waals surface area contributed by atoms with Crippen molar-refractivity contribution in [2.75, 3.05) is 19.9 Å². The molecule has 20 heavy (non-hydrogen) atoms. The monoisotopic (exact) mass is 295 g/mol. The van der Waals surface area contributed by atoms with Gasteiger partial charge in [-0.15, -0.1) is 0 Å². The molecule has 4 nitrogen and oxygen atoms in total. The number of ether oxygens (including phenoxy) is 1. The number of carbonyl (C=O) groups is 1. The second-order valence-electron chi connectivity index (χ2n) is 5.16. The molecule has 0 bridgehead atoms. The number of methoxy groups -OCH3 is 1. The summed E-state index contributed by atoms with van der Waals surface area (Å²) in [5.74, 6) is 0.294. The summed E-state index contributed by atoms with van der Waals surface area (Å²) >= 11 is 1.83. The van der Waals surface area contributed by atoms with Crippen LogP contribution in [-0.2, 0) is 0 Å². The van der Waals surface area contributed by atoms with E-state index in [-0.39, 0.29) is 22.0 Å². The Morgan fingerprint density at radius 1 is 1.45 bits per heavy atom. The number of benzene rings is 1. The fourth-order valence-electron chi connectivity index (χ4n) is 2.63. The molecule has 1 aromatic carbocycles. The van der Waals surface area contributed by atoms with Crippen molar-refractivity contribution >= 4 is 17.7 Å². The van der Waals surface area contributed by atoms with Crippen molar-refractivity contribution in [3.63, 3.8) is 0 Å². The van der Waals surface area contributed by atoms with E-state index in [1.54, 1.807) is 12.1 Å². The molecule has 2 N–H and O–H groups in total. The van der Waals surface area contributed by atoms with Crippen LogP contribution in [0.2, 0.25) is 0 Å².